The Balaban J connectivity index is 0.0000000809. The number of benzene rings is 12. The second-order valence-corrected chi connectivity index (χ2v) is 61.5. The summed E-state index contributed by atoms with van der Waals surface area (Å²) in [6.07, 6.45) is 5.75. The van der Waals surface area contributed by atoms with Crippen LogP contribution in [0.2, 0.25) is 0 Å². The average molecular weight is 1330 g/mol. The average Bonchev–Trinajstić information content (AvgIpc) is 1.33. The molecule has 2 N–H and O–H groups in total. The molecule has 20 aliphatic rings. The zero-order valence-corrected chi connectivity index (χ0v) is 60.4. The monoisotopic (exact) mass is 1330 g/mol. The Hall–Kier alpha value is -7.09. The van der Waals surface area contributed by atoms with Gasteiger partial charge in [0.2, 0.25) is 6.71 Å². The van der Waals surface area contributed by atoms with E-state index in [0.29, 0.717) is 48.0 Å². The second-order valence-electron chi connectivity index (χ2n) is 37.3. The first-order chi connectivity index (χ1) is 49.7. The van der Waals surface area contributed by atoms with Crippen molar-refractivity contribution in [2.24, 2.45) is 0 Å². The molecule has 0 atom stereocenters. The minimum atomic E-state index is -1.83. The number of aryl methyl sites for hydroxylation is 1. The van der Waals surface area contributed by atoms with Gasteiger partial charge in [-0.15, -0.1) is 0 Å². The molecule has 4 bridgehead atoms. The summed E-state index contributed by atoms with van der Waals surface area (Å²) in [6, 6.07) is 91.6. The molecule has 5 nitrogen and oxygen atoms in total. The SMILES string of the molecule is Cc1ccc2c(c1)-c1cccc3c1B2c1cccc2c4ccccc4n-3c12.[B]1B2B3[BH2-]P123NP12(c3ccc4c(c3)B3c5c-4cccc5-n4c5ccccc5c5cccc3c54)B3[BH2-]B1B32.[B]1B2B3[BH2-]P123NP12(c3cccc4c3B3c5c-4cccc5-n4c5ccccc5c5cccc3c54)B3[BH2-]B1B32. The van der Waals surface area contributed by atoms with Gasteiger partial charge in [-0.3, -0.25) is 0 Å². The fourth-order valence-corrected chi connectivity index (χ4v) is 80.7. The van der Waals surface area contributed by atoms with Crippen LogP contribution < -0.4 is 69.5 Å². The zero-order chi connectivity index (χ0) is 64.3. The van der Waals surface area contributed by atoms with Gasteiger partial charge >= 0.3 is 440 Å². The number of hydrogen-bond donors (Lipinski definition) is 2. The molecule has 0 saturated carbocycles. The number of hydrogen-bond acceptors (Lipinski definition) is 2. The van der Waals surface area contributed by atoms with Crippen molar-refractivity contribution in [3.05, 3.63) is 242 Å². The van der Waals surface area contributed by atoms with Gasteiger partial charge in [-0.1, -0.05) is 77.8 Å². The summed E-state index contributed by atoms with van der Waals surface area (Å²) in [4.78, 5) is 9.72. The summed E-state index contributed by atoms with van der Waals surface area (Å²) >= 11 is 0. The molecule has 0 unspecified atom stereocenters. The second kappa shape index (κ2) is 15.2. The Morgan fingerprint density at radius 2 is 0.752 bits per heavy atom. The fraction of sp³-hybridized carbons (Fsp3) is 0.0137. The number of aromatic nitrogens is 3. The maximum atomic E-state index is 4.89. The van der Waals surface area contributed by atoms with E-state index >= 15 is 0 Å². The van der Waals surface area contributed by atoms with Crippen molar-refractivity contribution >= 4 is 274 Å². The molecule has 0 amide bonds. The van der Waals surface area contributed by atoms with E-state index in [4.69, 9.17) is 9.72 Å². The van der Waals surface area contributed by atoms with Crippen molar-refractivity contribution in [1.82, 2.24) is 23.4 Å². The van der Waals surface area contributed by atoms with Gasteiger partial charge in [0, 0.05) is 22.0 Å². The third kappa shape index (κ3) is 4.95. The van der Waals surface area contributed by atoms with Crippen LogP contribution in [0, 0.1) is 6.92 Å². The number of nitrogens with one attached hydrogen (secondary N) is 2. The quantitative estimate of drug-likeness (QED) is 0.198. The van der Waals surface area contributed by atoms with Gasteiger partial charge in [0.25, 0.3) is 0 Å². The van der Waals surface area contributed by atoms with E-state index in [1.807, 2.05) is 10.6 Å². The van der Waals surface area contributed by atoms with Crippen LogP contribution in [-0.4, -0.2) is 138 Å². The van der Waals surface area contributed by atoms with Crippen LogP contribution in [0.5, 0.6) is 0 Å². The normalized spacial score (nSPS) is 23.6. The molecule has 14 saturated heterocycles. The summed E-state index contributed by atoms with van der Waals surface area (Å²) < 4.78 is 7.67. The Morgan fingerprint density at radius 3 is 1.23 bits per heavy atom. The molecule has 15 aromatic rings. The standard InChI is InChI=1S/C25H16BN.2C24H18B9N2P2/c1-15-12-13-20-19(14-15)17-7-5-11-23-24(17)26(20)21-9-4-8-18-16-6-2-3-10-22(16)27(23)25(18)21;1-2-11-19-14(6-1)17-9-3-10-18-24(17)35(19)20-12-4-7-15-16-8-5-13-21(23(16)28(18)22(15)20)36(29-25-30(36)33(29)36)34-37-26-31(37)32(37)27-37;1-2-9-21-16(5-1)18-7-3-8-19-24(18)35(21)22-10-4-6-17-15-12-11-14(13-20(15)28(19)23(17)22)36(29-25-30(36)33(29)36)34-37-26-31(37)32(37)27-37/h2-14H,1H3;2*1-13,34H,25-26H2/q;2*-2. The van der Waals surface area contributed by atoms with E-state index in [1.165, 1.54) is 175 Å². The Morgan fingerprint density at radius 1 is 0.337 bits per heavy atom. The number of para-hydroxylation sites is 6. The van der Waals surface area contributed by atoms with E-state index in [-0.39, 0.29) is 0 Å². The van der Waals surface area contributed by atoms with Crippen LogP contribution in [0.4, 0.5) is 0 Å². The fourth-order valence-electron chi connectivity index (χ4n) is 30.4. The molecule has 20 aliphatic heterocycles. The molecule has 2 spiro atoms. The van der Waals surface area contributed by atoms with Gasteiger partial charge < -0.3 is 4.57 Å². The van der Waals surface area contributed by atoms with Crippen molar-refractivity contribution in [2.75, 3.05) is 0 Å². The Bertz CT molecular complexity index is 6930. The molecule has 28 heteroatoms. The van der Waals surface area contributed by atoms with Crippen LogP contribution in [0.25, 0.3) is 116 Å². The molecule has 3 aromatic heterocycles. The van der Waals surface area contributed by atoms with Crippen molar-refractivity contribution in [3.8, 4) is 50.4 Å². The minimum absolute atomic E-state index is 0.321. The first kappa shape index (κ1) is 52.8. The van der Waals surface area contributed by atoms with Crippen LogP contribution in [0.3, 0.4) is 0 Å². The topological polar surface area (TPSA) is 38.9 Å². The molecule has 450 valence electrons. The van der Waals surface area contributed by atoms with Crippen LogP contribution in [0.1, 0.15) is 5.56 Å². The first-order valence-electron chi connectivity index (χ1n) is 39.2. The molecule has 101 heavy (non-hydrogen) atoms. The predicted octanol–water partition coefficient (Wildman–Crippen LogP) is 3.66. The van der Waals surface area contributed by atoms with Crippen LogP contribution in [0.15, 0.2) is 237 Å². The molecule has 35 rings (SSSR count). The molecule has 14 fully saturated rings. The van der Waals surface area contributed by atoms with Gasteiger partial charge in [-0.25, -0.2) is 0 Å². The number of rotatable bonds is 6. The zero-order valence-electron chi connectivity index (χ0n) is 56.8. The van der Waals surface area contributed by atoms with Gasteiger partial charge in [0.05, 0.1) is 5.52 Å². The van der Waals surface area contributed by atoms with Gasteiger partial charge in [0.1, 0.15) is 0 Å². The van der Waals surface area contributed by atoms with Crippen molar-refractivity contribution < 1.29 is 0 Å². The summed E-state index contributed by atoms with van der Waals surface area (Å²) in [5.74, 6) is 0. The van der Waals surface area contributed by atoms with Crippen molar-refractivity contribution in [3.63, 3.8) is 0 Å². The molecular weight excluding hydrogens is 1280 g/mol. The van der Waals surface area contributed by atoms with Crippen LogP contribution >= 0.6 is 25.3 Å². The van der Waals surface area contributed by atoms with E-state index in [2.05, 4.69) is 271 Å². The van der Waals surface area contributed by atoms with E-state index in [1.54, 1.807) is 32.9 Å². The molecule has 12 aromatic carbocycles. The van der Waals surface area contributed by atoms with Crippen LogP contribution in [-0.2, 0) is 0 Å². The van der Waals surface area contributed by atoms with Crippen molar-refractivity contribution in [1.29, 1.82) is 0 Å². The van der Waals surface area contributed by atoms with Gasteiger partial charge in [-0.2, -0.15) is 0 Å². The summed E-state index contributed by atoms with van der Waals surface area (Å²) in [5.41, 5.74) is 36.6. The number of nitrogens with zero attached hydrogens (tertiary/aromatic N) is 3. The Labute approximate surface area is 592 Å². The van der Waals surface area contributed by atoms with Crippen molar-refractivity contribution in [2.45, 2.75) is 6.92 Å². The van der Waals surface area contributed by atoms with Gasteiger partial charge in [0.15, 0.2) is 0 Å². The number of fused-ring (bicyclic) bond motifs is 26. The predicted molar refractivity (Wildman–Crippen MR) is 474 cm³/mol. The third-order valence-corrected chi connectivity index (χ3v) is 71.4. The third-order valence-electron chi connectivity index (χ3n) is 35.6. The molecule has 0 aliphatic carbocycles. The maximum absolute atomic E-state index is 4.89. The summed E-state index contributed by atoms with van der Waals surface area (Å²) in [6.45, 7) is 9.89. The summed E-state index contributed by atoms with van der Waals surface area (Å²) in [5, 5.41) is 12.0. The van der Waals surface area contributed by atoms with Gasteiger partial charge in [-0.05, 0) is 41.1 Å². The molecular formula is C73H52B19N5P4-4. The summed E-state index contributed by atoms with van der Waals surface area (Å²) in [7, 11) is 0.679. The first-order valence-corrected chi connectivity index (χ1v) is 49.9. The van der Waals surface area contributed by atoms with E-state index in [9.17, 15) is 0 Å². The Kier molecular flexibility index (Phi) is 7.97. The molecule has 23 heterocycles. The van der Waals surface area contributed by atoms with E-state index in [0.717, 1.165) is 24.9 Å². The van der Waals surface area contributed by atoms with E-state index < -0.39 is 25.3 Å². The molecule has 2 radical (unpaired) electrons.